The Hall–Kier alpha value is -1.95. The van der Waals surface area contributed by atoms with E-state index in [0.717, 1.165) is 16.8 Å². The first-order valence-electron chi connectivity index (χ1n) is 6.99. The molecule has 1 aromatic carbocycles. The molecule has 0 aliphatic carbocycles. The van der Waals surface area contributed by atoms with Crippen molar-refractivity contribution in [2.45, 2.75) is 40.2 Å². The lowest BCUT2D eigenvalue weighted by molar-refractivity contribution is 0.0223. The average molecular weight is 271 g/mol. The molecule has 0 bridgehead atoms. The maximum atomic E-state index is 11.9. The molecule has 20 heavy (non-hydrogen) atoms. The number of nitrogens with one attached hydrogen (secondary N) is 1. The van der Waals surface area contributed by atoms with Crippen LogP contribution in [0.25, 0.3) is 0 Å². The second-order valence-corrected chi connectivity index (χ2v) is 5.88. The van der Waals surface area contributed by atoms with Crippen molar-refractivity contribution in [1.82, 2.24) is 0 Å². The van der Waals surface area contributed by atoms with Gasteiger partial charge in [-0.05, 0) is 25.0 Å². The van der Waals surface area contributed by atoms with E-state index in [9.17, 15) is 4.79 Å². The number of ether oxygens (including phenoxy) is 1. The van der Waals surface area contributed by atoms with Crippen molar-refractivity contribution < 1.29 is 9.53 Å². The molecular formula is C17H21NO2. The summed E-state index contributed by atoms with van der Waals surface area (Å²) in [4.78, 5) is 11.9. The van der Waals surface area contributed by atoms with Crippen LogP contribution in [0.3, 0.4) is 0 Å². The molecule has 0 saturated carbocycles. The Morgan fingerprint density at radius 1 is 1.25 bits per heavy atom. The number of anilines is 1. The molecule has 0 fully saturated rings. The number of amides is 1. The lowest BCUT2D eigenvalue weighted by atomic mass is 9.81. The Bertz CT molecular complexity index is 593. The number of fused-ring (bicyclic) bond motifs is 1. The van der Waals surface area contributed by atoms with Crippen molar-refractivity contribution in [2.75, 3.05) is 5.32 Å². The zero-order chi connectivity index (χ0) is 14.9. The van der Waals surface area contributed by atoms with Crippen LogP contribution in [0.15, 0.2) is 18.2 Å². The highest BCUT2D eigenvalue weighted by atomic mass is 16.6. The Morgan fingerprint density at radius 2 is 1.95 bits per heavy atom. The minimum absolute atomic E-state index is 0.0698. The van der Waals surface area contributed by atoms with Gasteiger partial charge in [-0.2, -0.15) is 0 Å². The number of hydrogen-bond acceptors (Lipinski definition) is 2. The van der Waals surface area contributed by atoms with Crippen LogP contribution in [-0.4, -0.2) is 6.09 Å². The van der Waals surface area contributed by atoms with E-state index < -0.39 is 11.7 Å². The molecule has 1 heterocycles. The fraction of sp³-hybridized carbons (Fsp3) is 0.471. The molecule has 0 radical (unpaired) electrons. The second kappa shape index (κ2) is 5.20. The summed E-state index contributed by atoms with van der Waals surface area (Å²) in [6.45, 7) is 10.1. The minimum atomic E-state index is -0.867. The van der Waals surface area contributed by atoms with Crippen molar-refractivity contribution in [1.29, 1.82) is 0 Å². The van der Waals surface area contributed by atoms with Gasteiger partial charge < -0.3 is 4.74 Å². The summed E-state index contributed by atoms with van der Waals surface area (Å²) in [6, 6.07) is 5.94. The van der Waals surface area contributed by atoms with Gasteiger partial charge in [-0.15, -0.1) is 0 Å². The maximum Gasteiger partial charge on any atom is 0.413 e. The lowest BCUT2D eigenvalue weighted by Gasteiger charge is -2.37. The zero-order valence-electron chi connectivity index (χ0n) is 12.7. The zero-order valence-corrected chi connectivity index (χ0v) is 12.7. The van der Waals surface area contributed by atoms with E-state index in [4.69, 9.17) is 4.74 Å². The molecule has 106 valence electrons. The molecule has 0 saturated heterocycles. The molecule has 1 unspecified atom stereocenters. The molecule has 3 nitrogen and oxygen atoms in total. The van der Waals surface area contributed by atoms with Gasteiger partial charge in [0.25, 0.3) is 0 Å². The lowest BCUT2D eigenvalue weighted by Crippen LogP contribution is -2.42. The number of aryl methyl sites for hydroxylation is 1. The van der Waals surface area contributed by atoms with E-state index >= 15 is 0 Å². The number of rotatable bonds is 1. The standard InChI is InChI=1S/C17H21NO2/c1-11(2)8-9-17(12(3)4)14-10-13(5)6-7-15(14)18-16(19)20-17/h6-7,10-12H,1-5H3,(H,18,19). The van der Waals surface area contributed by atoms with Gasteiger partial charge in [0.1, 0.15) is 0 Å². The summed E-state index contributed by atoms with van der Waals surface area (Å²) in [5.74, 6) is 6.68. The predicted molar refractivity (Wildman–Crippen MR) is 80.4 cm³/mol. The molecule has 1 N–H and O–H groups in total. The van der Waals surface area contributed by atoms with E-state index in [1.807, 2.05) is 52.8 Å². The van der Waals surface area contributed by atoms with Crippen molar-refractivity contribution in [2.24, 2.45) is 11.8 Å². The molecule has 2 rings (SSSR count). The van der Waals surface area contributed by atoms with Crippen LogP contribution >= 0.6 is 0 Å². The first-order valence-corrected chi connectivity index (χ1v) is 6.99. The van der Waals surface area contributed by atoms with Gasteiger partial charge in [-0.1, -0.05) is 45.2 Å². The number of hydrogen-bond donors (Lipinski definition) is 1. The first-order chi connectivity index (χ1) is 9.35. The van der Waals surface area contributed by atoms with E-state index in [2.05, 4.69) is 17.2 Å². The van der Waals surface area contributed by atoms with Gasteiger partial charge >= 0.3 is 6.09 Å². The summed E-state index contributed by atoms with van der Waals surface area (Å²) >= 11 is 0. The number of carbonyl (C=O) groups excluding carboxylic acids is 1. The number of carbonyl (C=O) groups is 1. The monoisotopic (exact) mass is 271 g/mol. The topological polar surface area (TPSA) is 38.3 Å². The minimum Gasteiger partial charge on any atom is -0.425 e. The van der Waals surface area contributed by atoms with E-state index in [1.165, 1.54) is 0 Å². The normalized spacial score (nSPS) is 20.9. The smallest absolute Gasteiger partial charge is 0.413 e. The average Bonchev–Trinajstić information content (AvgIpc) is 2.36. The van der Waals surface area contributed by atoms with Crippen LogP contribution in [0.4, 0.5) is 10.5 Å². The Labute approximate surface area is 120 Å². The second-order valence-electron chi connectivity index (χ2n) is 5.88. The van der Waals surface area contributed by atoms with Crippen LogP contribution in [0, 0.1) is 30.6 Å². The van der Waals surface area contributed by atoms with Gasteiger partial charge in [0.05, 0.1) is 5.69 Å². The van der Waals surface area contributed by atoms with Crippen LogP contribution in [-0.2, 0) is 10.3 Å². The molecule has 1 aliphatic heterocycles. The van der Waals surface area contributed by atoms with Crippen molar-refractivity contribution in [3.05, 3.63) is 29.3 Å². The van der Waals surface area contributed by atoms with Crippen LogP contribution < -0.4 is 5.32 Å². The third-order valence-electron chi connectivity index (χ3n) is 3.43. The molecule has 0 spiro atoms. The van der Waals surface area contributed by atoms with Gasteiger partial charge in [-0.3, -0.25) is 5.32 Å². The Morgan fingerprint density at radius 3 is 2.55 bits per heavy atom. The van der Waals surface area contributed by atoms with Gasteiger partial charge in [0, 0.05) is 17.4 Å². The van der Waals surface area contributed by atoms with Gasteiger partial charge in [0.2, 0.25) is 5.60 Å². The highest BCUT2D eigenvalue weighted by Crippen LogP contribution is 2.41. The summed E-state index contributed by atoms with van der Waals surface area (Å²) < 4.78 is 5.64. The van der Waals surface area contributed by atoms with Gasteiger partial charge in [0.15, 0.2) is 0 Å². The fourth-order valence-corrected chi connectivity index (χ4v) is 2.33. The third kappa shape index (κ3) is 2.51. The predicted octanol–water partition coefficient (Wildman–Crippen LogP) is 4.07. The molecule has 1 aliphatic rings. The Balaban J connectivity index is 2.67. The maximum absolute atomic E-state index is 11.9. The molecule has 1 atom stereocenters. The van der Waals surface area contributed by atoms with E-state index in [0.29, 0.717) is 0 Å². The molecule has 3 heteroatoms. The summed E-state index contributed by atoms with van der Waals surface area (Å²) in [6.07, 6.45) is -0.437. The van der Waals surface area contributed by atoms with Crippen LogP contribution in [0.5, 0.6) is 0 Å². The largest absolute Gasteiger partial charge is 0.425 e. The third-order valence-corrected chi connectivity index (χ3v) is 3.43. The molecular weight excluding hydrogens is 250 g/mol. The quantitative estimate of drug-likeness (QED) is 0.782. The van der Waals surface area contributed by atoms with Crippen molar-refractivity contribution in [3.63, 3.8) is 0 Å². The number of cyclic esters (lactones) is 1. The molecule has 1 aromatic rings. The first kappa shape index (κ1) is 14.5. The summed E-state index contributed by atoms with van der Waals surface area (Å²) in [5, 5.41) is 2.76. The number of benzene rings is 1. The highest BCUT2D eigenvalue weighted by molar-refractivity contribution is 5.89. The Kier molecular flexibility index (Phi) is 3.76. The molecule has 1 amide bonds. The SMILES string of the molecule is Cc1ccc2c(c1)C(C#CC(C)C)(C(C)C)OC(=O)N2. The fourth-order valence-electron chi connectivity index (χ4n) is 2.33. The van der Waals surface area contributed by atoms with Gasteiger partial charge in [-0.25, -0.2) is 4.79 Å². The van der Waals surface area contributed by atoms with E-state index in [1.54, 1.807) is 0 Å². The molecule has 0 aromatic heterocycles. The van der Waals surface area contributed by atoms with Crippen molar-refractivity contribution in [3.8, 4) is 11.8 Å². The highest BCUT2D eigenvalue weighted by Gasteiger charge is 2.43. The van der Waals surface area contributed by atoms with Crippen LogP contribution in [0.2, 0.25) is 0 Å². The summed E-state index contributed by atoms with van der Waals surface area (Å²) in [7, 11) is 0. The van der Waals surface area contributed by atoms with Crippen LogP contribution in [0.1, 0.15) is 38.8 Å². The summed E-state index contributed by atoms with van der Waals surface area (Å²) in [5.41, 5.74) is 1.99. The van der Waals surface area contributed by atoms with Crippen molar-refractivity contribution >= 4 is 11.8 Å². The van der Waals surface area contributed by atoms with E-state index in [-0.39, 0.29) is 11.8 Å².